The summed E-state index contributed by atoms with van der Waals surface area (Å²) < 4.78 is 85.7. The van der Waals surface area contributed by atoms with Gasteiger partial charge < -0.3 is 5.11 Å². The van der Waals surface area contributed by atoms with Gasteiger partial charge in [-0.15, -0.1) is 0 Å². The first kappa shape index (κ1) is 16.1. The van der Waals surface area contributed by atoms with Crippen molar-refractivity contribution < 1.29 is 35.8 Å². The van der Waals surface area contributed by atoms with Gasteiger partial charge in [0.2, 0.25) is 0 Å². The highest BCUT2D eigenvalue weighted by Gasteiger charge is 2.73. The first-order valence-corrected chi connectivity index (χ1v) is 4.89. The molecule has 3 nitrogen and oxygen atoms in total. The number of rotatable bonds is 4. The zero-order chi connectivity index (χ0) is 15.6. The normalized spacial score (nSPS) is 13.8. The number of hydrogen-bond donors (Lipinski definition) is 2. The summed E-state index contributed by atoms with van der Waals surface area (Å²) in [5.74, 6) is -6.42. The quantitative estimate of drug-likeness (QED) is 0.388. The molecule has 0 amide bonds. The van der Waals surface area contributed by atoms with E-state index in [4.69, 9.17) is 5.11 Å². The third kappa shape index (κ3) is 3.31. The number of halogens is 7. The maximum absolute atomic E-state index is 12.7. The number of benzene rings is 1. The molecule has 20 heavy (non-hydrogen) atoms. The summed E-state index contributed by atoms with van der Waals surface area (Å²) in [5, 5.41) is 11.5. The maximum atomic E-state index is 12.7. The molecule has 1 aromatic carbocycles. The third-order valence-corrected chi connectivity index (χ3v) is 2.06. The molecule has 2 N–H and O–H groups in total. The number of hydrogen-bond acceptors (Lipinski definition) is 3. The van der Waals surface area contributed by atoms with Crippen LogP contribution in [-0.4, -0.2) is 29.5 Å². The highest BCUT2D eigenvalue weighted by atomic mass is 19.4. The van der Waals surface area contributed by atoms with Crippen molar-refractivity contribution in [2.24, 2.45) is 5.10 Å². The Morgan fingerprint density at radius 2 is 1.45 bits per heavy atom. The molecule has 0 unspecified atom stereocenters. The van der Waals surface area contributed by atoms with Crippen LogP contribution in [0.4, 0.5) is 30.7 Å². The van der Waals surface area contributed by atoms with Gasteiger partial charge in [0.15, 0.2) is 0 Å². The molecule has 112 valence electrons. The van der Waals surface area contributed by atoms with Crippen LogP contribution in [0.1, 0.15) is 5.56 Å². The molecular weight excluding hydrogens is 297 g/mol. The number of phenolic OH excluding ortho intramolecular Hbond substituents is 1. The topological polar surface area (TPSA) is 44.6 Å². The van der Waals surface area contributed by atoms with E-state index < -0.39 is 18.1 Å². The van der Waals surface area contributed by atoms with Crippen molar-refractivity contribution in [1.82, 2.24) is 5.43 Å². The Labute approximate surface area is 107 Å². The molecule has 10 heteroatoms. The van der Waals surface area contributed by atoms with E-state index >= 15 is 0 Å². The van der Waals surface area contributed by atoms with Gasteiger partial charge in [0.25, 0.3) is 0 Å². The molecule has 0 aromatic heterocycles. The molecule has 0 aliphatic carbocycles. The van der Waals surface area contributed by atoms with Gasteiger partial charge in [-0.05, 0) is 29.8 Å². The molecule has 0 saturated carbocycles. The highest BCUT2D eigenvalue weighted by Crippen LogP contribution is 2.44. The molecule has 0 aliphatic heterocycles. The molecule has 0 aliphatic rings. The van der Waals surface area contributed by atoms with Gasteiger partial charge in [0.1, 0.15) is 5.75 Å². The van der Waals surface area contributed by atoms with E-state index in [0.29, 0.717) is 11.6 Å². The van der Waals surface area contributed by atoms with Gasteiger partial charge in [-0.3, -0.25) is 0 Å². The Morgan fingerprint density at radius 3 is 1.90 bits per heavy atom. The molecular formula is C10H7F7N2O. The second kappa shape index (κ2) is 5.17. The molecule has 0 bridgehead atoms. The van der Waals surface area contributed by atoms with E-state index in [2.05, 4.69) is 5.10 Å². The fraction of sp³-hybridized carbons (Fsp3) is 0.300. The van der Waals surface area contributed by atoms with Crippen LogP contribution < -0.4 is 5.43 Å². The second-order valence-electron chi connectivity index (χ2n) is 3.61. The minimum Gasteiger partial charge on any atom is -0.508 e. The van der Waals surface area contributed by atoms with Gasteiger partial charge in [-0.1, -0.05) is 0 Å². The average molecular weight is 304 g/mol. The minimum absolute atomic E-state index is 0.0985. The van der Waals surface area contributed by atoms with Crippen molar-refractivity contribution in [3.8, 4) is 5.75 Å². The number of hydrazone groups is 1. The highest BCUT2D eigenvalue weighted by molar-refractivity contribution is 5.79. The van der Waals surface area contributed by atoms with E-state index in [0.717, 1.165) is 12.1 Å². The van der Waals surface area contributed by atoms with Crippen LogP contribution in [0.25, 0.3) is 0 Å². The summed E-state index contributed by atoms with van der Waals surface area (Å²) in [6, 6.07) is -0.951. The lowest BCUT2D eigenvalue weighted by molar-refractivity contribution is -0.361. The summed E-state index contributed by atoms with van der Waals surface area (Å²) in [6.07, 6.45) is -5.82. The number of phenols is 1. The standard InChI is InChI=1S/C10H7F7N2O/c11-8(12,9(13,14)15)10(16,17)19-18-5-6-1-3-7(20)4-2-6/h1-5,19-20H/b18-5+. The summed E-state index contributed by atoms with van der Waals surface area (Å²) >= 11 is 0. The molecule has 1 aromatic rings. The molecule has 0 spiro atoms. The predicted octanol–water partition coefficient (Wildman–Crippen LogP) is 3.11. The van der Waals surface area contributed by atoms with Gasteiger partial charge >= 0.3 is 18.1 Å². The number of alkyl halides is 7. The van der Waals surface area contributed by atoms with Crippen molar-refractivity contribution >= 4 is 6.21 Å². The summed E-state index contributed by atoms with van der Waals surface area (Å²) in [6.45, 7) is 0. The van der Waals surface area contributed by atoms with E-state index in [1.807, 2.05) is 0 Å². The molecule has 1 rings (SSSR count). The molecule has 0 fully saturated rings. The first-order chi connectivity index (χ1) is 8.97. The number of nitrogens with zero attached hydrogens (tertiary/aromatic N) is 1. The van der Waals surface area contributed by atoms with Crippen LogP contribution in [0.15, 0.2) is 29.4 Å². The number of nitrogens with one attached hydrogen (secondary N) is 1. The van der Waals surface area contributed by atoms with Crippen molar-refractivity contribution in [2.75, 3.05) is 0 Å². The van der Waals surface area contributed by atoms with Crippen molar-refractivity contribution in [3.05, 3.63) is 29.8 Å². The van der Waals surface area contributed by atoms with Crippen LogP contribution in [0.3, 0.4) is 0 Å². The van der Waals surface area contributed by atoms with Gasteiger partial charge in [0, 0.05) is 0 Å². The summed E-state index contributed by atoms with van der Waals surface area (Å²) in [7, 11) is 0. The van der Waals surface area contributed by atoms with Crippen molar-refractivity contribution in [3.63, 3.8) is 0 Å². The smallest absolute Gasteiger partial charge is 0.462 e. The molecule has 0 radical (unpaired) electrons. The molecule has 0 heterocycles. The largest absolute Gasteiger partial charge is 0.508 e. The fourth-order valence-electron chi connectivity index (χ4n) is 0.996. The Hall–Kier alpha value is -2.00. The third-order valence-electron chi connectivity index (χ3n) is 2.06. The van der Waals surface area contributed by atoms with Crippen LogP contribution >= 0.6 is 0 Å². The lowest BCUT2D eigenvalue weighted by Crippen LogP contribution is -2.58. The van der Waals surface area contributed by atoms with Gasteiger partial charge in [-0.25, -0.2) is 5.43 Å². The van der Waals surface area contributed by atoms with E-state index in [-0.39, 0.29) is 11.3 Å². The van der Waals surface area contributed by atoms with Gasteiger partial charge in [0.05, 0.1) is 6.21 Å². The van der Waals surface area contributed by atoms with Crippen LogP contribution in [0, 0.1) is 0 Å². The lowest BCUT2D eigenvalue weighted by atomic mass is 10.2. The van der Waals surface area contributed by atoms with Crippen LogP contribution in [0.5, 0.6) is 5.75 Å². The monoisotopic (exact) mass is 304 g/mol. The van der Waals surface area contributed by atoms with E-state index in [9.17, 15) is 30.7 Å². The molecule has 0 saturated heterocycles. The zero-order valence-corrected chi connectivity index (χ0v) is 9.43. The molecule has 0 atom stereocenters. The lowest BCUT2D eigenvalue weighted by Gasteiger charge is -2.27. The van der Waals surface area contributed by atoms with E-state index in [1.165, 1.54) is 12.1 Å². The van der Waals surface area contributed by atoms with E-state index in [1.54, 1.807) is 0 Å². The van der Waals surface area contributed by atoms with Gasteiger partial charge in [-0.2, -0.15) is 35.8 Å². The SMILES string of the molecule is Oc1ccc(/C=N/NC(F)(F)C(F)(F)C(F)(F)F)cc1. The Morgan fingerprint density at radius 1 is 0.950 bits per heavy atom. The fourth-order valence-corrected chi connectivity index (χ4v) is 0.996. The Kier molecular flexibility index (Phi) is 4.15. The maximum Gasteiger partial charge on any atom is 0.462 e. The summed E-state index contributed by atoms with van der Waals surface area (Å²) in [4.78, 5) is 0. The minimum atomic E-state index is -6.42. The van der Waals surface area contributed by atoms with Crippen LogP contribution in [-0.2, 0) is 0 Å². The van der Waals surface area contributed by atoms with Crippen LogP contribution in [0.2, 0.25) is 0 Å². The van der Waals surface area contributed by atoms with Crippen molar-refractivity contribution in [1.29, 1.82) is 0 Å². The zero-order valence-electron chi connectivity index (χ0n) is 9.43. The first-order valence-electron chi connectivity index (χ1n) is 4.89. The second-order valence-corrected chi connectivity index (χ2v) is 3.61. The number of aromatic hydroxyl groups is 1. The summed E-state index contributed by atoms with van der Waals surface area (Å²) in [5.41, 5.74) is 0.571. The Bertz CT molecular complexity index is 481. The Balaban J connectivity index is 2.79. The predicted molar refractivity (Wildman–Crippen MR) is 54.8 cm³/mol. The van der Waals surface area contributed by atoms with Crippen molar-refractivity contribution in [2.45, 2.75) is 18.1 Å². The average Bonchev–Trinajstić information content (AvgIpc) is 2.30.